The van der Waals surface area contributed by atoms with Crippen LogP contribution >= 0.6 is 19.8 Å². The van der Waals surface area contributed by atoms with Crippen LogP contribution in [-0.2, 0) is 10.7 Å². The number of nitrogens with one attached hydrogen (secondary N) is 3. The van der Waals surface area contributed by atoms with Gasteiger partial charge in [0, 0.05) is 12.2 Å². The fraction of sp³-hybridized carbons (Fsp3) is 0.176. The van der Waals surface area contributed by atoms with Crippen molar-refractivity contribution in [2.45, 2.75) is 13.1 Å². The predicted molar refractivity (Wildman–Crippen MR) is 113 cm³/mol. The van der Waals surface area contributed by atoms with Gasteiger partial charge in [-0.2, -0.15) is 0 Å². The number of rotatable bonds is 6. The Kier molecular flexibility index (Phi) is 6.15. The standard InChI is InChI=1S/C17H19N6O3PS/c1-2-18-17(28)23-14-8-7-13-16(21-14)22-15(9-19-13)20-12-5-3-11(4-6-12)10-27(24,25)26/h3-9H,2,10H2,1H3,(H2,24,25,26)(H3,18,20,21,22,23,28). The van der Waals surface area contributed by atoms with Gasteiger partial charge in [-0.3, -0.25) is 4.57 Å². The van der Waals surface area contributed by atoms with Crippen LogP contribution in [0.3, 0.4) is 0 Å². The number of hydrogen-bond donors (Lipinski definition) is 5. The highest BCUT2D eigenvalue weighted by atomic mass is 32.1. The molecule has 5 N–H and O–H groups in total. The fourth-order valence-electron chi connectivity index (χ4n) is 2.43. The monoisotopic (exact) mass is 418 g/mol. The van der Waals surface area contributed by atoms with Crippen molar-refractivity contribution < 1.29 is 14.4 Å². The van der Waals surface area contributed by atoms with E-state index in [0.29, 0.717) is 45.7 Å². The molecule has 9 nitrogen and oxygen atoms in total. The zero-order chi connectivity index (χ0) is 20.1. The lowest BCUT2D eigenvalue weighted by atomic mass is 10.2. The van der Waals surface area contributed by atoms with E-state index < -0.39 is 7.60 Å². The third kappa shape index (κ3) is 5.67. The van der Waals surface area contributed by atoms with Crippen molar-refractivity contribution in [2.75, 3.05) is 17.2 Å². The highest BCUT2D eigenvalue weighted by molar-refractivity contribution is 7.80. The topological polar surface area (TPSA) is 132 Å². The van der Waals surface area contributed by atoms with Crippen LogP contribution in [0, 0.1) is 0 Å². The second kappa shape index (κ2) is 8.57. The SMILES string of the molecule is CCNC(=S)Nc1ccc2ncc(Nc3ccc(CP(=O)(O)O)cc3)nc2n1. The van der Waals surface area contributed by atoms with Gasteiger partial charge in [-0.25, -0.2) is 15.0 Å². The van der Waals surface area contributed by atoms with E-state index in [1.165, 1.54) is 0 Å². The van der Waals surface area contributed by atoms with Crippen LogP contribution in [0.5, 0.6) is 0 Å². The molecule has 2 aromatic heterocycles. The molecule has 28 heavy (non-hydrogen) atoms. The third-order valence-electron chi connectivity index (χ3n) is 3.60. The molecule has 11 heteroatoms. The van der Waals surface area contributed by atoms with E-state index in [0.717, 1.165) is 0 Å². The molecule has 0 radical (unpaired) electrons. The van der Waals surface area contributed by atoms with Crippen molar-refractivity contribution in [3.05, 3.63) is 48.2 Å². The molecule has 0 unspecified atom stereocenters. The fourth-order valence-corrected chi connectivity index (χ4v) is 3.36. The Bertz CT molecular complexity index is 1040. The molecule has 3 aromatic rings. The van der Waals surface area contributed by atoms with E-state index in [4.69, 9.17) is 22.0 Å². The number of fused-ring (bicyclic) bond motifs is 1. The molecule has 0 saturated heterocycles. The van der Waals surface area contributed by atoms with Gasteiger partial charge < -0.3 is 25.7 Å². The zero-order valence-corrected chi connectivity index (χ0v) is 16.7. The predicted octanol–water partition coefficient (Wildman–Crippen LogP) is 2.75. The van der Waals surface area contributed by atoms with E-state index in [1.807, 2.05) is 6.92 Å². The normalized spacial score (nSPS) is 11.2. The number of anilines is 3. The summed E-state index contributed by atoms with van der Waals surface area (Å²) in [5.41, 5.74) is 2.36. The van der Waals surface area contributed by atoms with Crippen molar-refractivity contribution in [2.24, 2.45) is 0 Å². The molecule has 2 heterocycles. The molecular weight excluding hydrogens is 399 g/mol. The molecule has 0 aliphatic carbocycles. The quantitative estimate of drug-likeness (QED) is 0.301. The molecule has 0 atom stereocenters. The third-order valence-corrected chi connectivity index (χ3v) is 4.62. The Morgan fingerprint density at radius 3 is 2.50 bits per heavy atom. The summed E-state index contributed by atoms with van der Waals surface area (Å²) in [4.78, 5) is 31.3. The van der Waals surface area contributed by atoms with E-state index >= 15 is 0 Å². The van der Waals surface area contributed by atoms with E-state index in [2.05, 4.69) is 30.9 Å². The first-order chi connectivity index (χ1) is 13.3. The van der Waals surface area contributed by atoms with Gasteiger partial charge in [0.15, 0.2) is 16.6 Å². The number of hydrogen-bond acceptors (Lipinski definition) is 6. The minimum absolute atomic E-state index is 0.294. The molecule has 0 saturated carbocycles. The summed E-state index contributed by atoms with van der Waals surface area (Å²) in [6, 6.07) is 10.3. The van der Waals surface area contributed by atoms with Crippen LogP contribution < -0.4 is 16.0 Å². The maximum Gasteiger partial charge on any atom is 0.329 e. The number of nitrogens with zero attached hydrogens (tertiary/aromatic N) is 3. The van der Waals surface area contributed by atoms with Crippen molar-refractivity contribution in [1.29, 1.82) is 0 Å². The maximum absolute atomic E-state index is 11.1. The first-order valence-corrected chi connectivity index (χ1v) is 10.6. The Balaban J connectivity index is 1.75. The first-order valence-electron chi connectivity index (χ1n) is 8.41. The Hall–Kier alpha value is -2.65. The second-order valence-electron chi connectivity index (χ2n) is 5.92. The van der Waals surface area contributed by atoms with Gasteiger partial charge >= 0.3 is 7.60 Å². The molecule has 1 aromatic carbocycles. The van der Waals surface area contributed by atoms with Crippen molar-refractivity contribution >= 4 is 53.4 Å². The van der Waals surface area contributed by atoms with Gasteiger partial charge in [0.25, 0.3) is 0 Å². The lowest BCUT2D eigenvalue weighted by Gasteiger charge is -2.10. The van der Waals surface area contributed by atoms with Crippen LogP contribution in [0.15, 0.2) is 42.6 Å². The van der Waals surface area contributed by atoms with E-state index in [-0.39, 0.29) is 6.16 Å². The molecule has 0 aliphatic heterocycles. The van der Waals surface area contributed by atoms with Crippen molar-refractivity contribution in [1.82, 2.24) is 20.3 Å². The lowest BCUT2D eigenvalue weighted by Crippen LogP contribution is -2.28. The number of benzene rings is 1. The van der Waals surface area contributed by atoms with Gasteiger partial charge in [0.1, 0.15) is 11.3 Å². The molecule has 146 valence electrons. The average molecular weight is 418 g/mol. The van der Waals surface area contributed by atoms with Crippen LogP contribution in [-0.4, -0.2) is 36.4 Å². The minimum Gasteiger partial charge on any atom is -0.363 e. The highest BCUT2D eigenvalue weighted by Crippen LogP contribution is 2.39. The molecule has 3 rings (SSSR count). The average Bonchev–Trinajstić information content (AvgIpc) is 2.62. The second-order valence-corrected chi connectivity index (χ2v) is 7.98. The molecule has 0 spiro atoms. The summed E-state index contributed by atoms with van der Waals surface area (Å²) in [5.74, 6) is 1.06. The van der Waals surface area contributed by atoms with Gasteiger partial charge in [-0.15, -0.1) is 0 Å². The maximum atomic E-state index is 11.1. The van der Waals surface area contributed by atoms with Crippen LogP contribution in [0.4, 0.5) is 17.3 Å². The summed E-state index contributed by atoms with van der Waals surface area (Å²) in [7, 11) is -4.09. The summed E-state index contributed by atoms with van der Waals surface area (Å²) in [6.45, 7) is 2.66. The Labute approximate surface area is 166 Å². The summed E-state index contributed by atoms with van der Waals surface area (Å²) in [6.07, 6.45) is 1.29. The van der Waals surface area contributed by atoms with Crippen LogP contribution in [0.2, 0.25) is 0 Å². The van der Waals surface area contributed by atoms with Crippen molar-refractivity contribution in [3.8, 4) is 0 Å². The summed E-state index contributed by atoms with van der Waals surface area (Å²) in [5, 5.41) is 9.55. The van der Waals surface area contributed by atoms with Gasteiger partial charge in [0.2, 0.25) is 0 Å². The summed E-state index contributed by atoms with van der Waals surface area (Å²) < 4.78 is 11.1. The van der Waals surface area contributed by atoms with Gasteiger partial charge in [-0.05, 0) is 49.0 Å². The smallest absolute Gasteiger partial charge is 0.329 e. The van der Waals surface area contributed by atoms with Gasteiger partial charge in [0.05, 0.1) is 12.4 Å². The van der Waals surface area contributed by atoms with Crippen molar-refractivity contribution in [3.63, 3.8) is 0 Å². The molecule has 0 bridgehead atoms. The Morgan fingerprint density at radius 1 is 1.11 bits per heavy atom. The molecular formula is C17H19N6O3PS. The minimum atomic E-state index is -4.09. The van der Waals surface area contributed by atoms with Crippen LogP contribution in [0.25, 0.3) is 11.2 Å². The molecule has 0 fully saturated rings. The molecule has 0 aliphatic rings. The highest BCUT2D eigenvalue weighted by Gasteiger charge is 2.13. The lowest BCUT2D eigenvalue weighted by molar-refractivity contribution is 0.371. The largest absolute Gasteiger partial charge is 0.363 e. The van der Waals surface area contributed by atoms with E-state index in [9.17, 15) is 4.57 Å². The Morgan fingerprint density at radius 2 is 1.82 bits per heavy atom. The van der Waals surface area contributed by atoms with Gasteiger partial charge in [-0.1, -0.05) is 12.1 Å². The number of pyridine rings is 1. The number of aromatic nitrogens is 3. The summed E-state index contributed by atoms with van der Waals surface area (Å²) >= 11 is 5.15. The zero-order valence-electron chi connectivity index (χ0n) is 15.0. The molecule has 0 amide bonds. The van der Waals surface area contributed by atoms with Crippen LogP contribution in [0.1, 0.15) is 12.5 Å². The first kappa shape index (κ1) is 20.1. The number of thiocarbonyl (C=S) groups is 1. The van der Waals surface area contributed by atoms with E-state index in [1.54, 1.807) is 42.6 Å².